The van der Waals surface area contributed by atoms with E-state index < -0.39 is 0 Å². The van der Waals surface area contributed by atoms with Crippen LogP contribution in [-0.4, -0.2) is 36.3 Å². The van der Waals surface area contributed by atoms with Crippen LogP contribution in [0, 0.1) is 5.92 Å². The average Bonchev–Trinajstić information content (AvgIpc) is 3.41. The van der Waals surface area contributed by atoms with Crippen molar-refractivity contribution in [2.24, 2.45) is 20.9 Å². The lowest BCUT2D eigenvalue weighted by Crippen LogP contribution is -2.30. The van der Waals surface area contributed by atoms with Crippen molar-refractivity contribution in [1.29, 1.82) is 0 Å². The van der Waals surface area contributed by atoms with Crippen molar-refractivity contribution in [3.8, 4) is 0 Å². The highest BCUT2D eigenvalue weighted by Crippen LogP contribution is 2.28. The van der Waals surface area contributed by atoms with Gasteiger partial charge in [0.25, 0.3) is 0 Å². The fourth-order valence-electron chi connectivity index (χ4n) is 2.67. The van der Waals surface area contributed by atoms with Crippen LogP contribution in [0.1, 0.15) is 26.2 Å². The maximum absolute atomic E-state index is 11.9. The number of allylic oxidation sites excluding steroid dienone is 5. The van der Waals surface area contributed by atoms with E-state index in [1.807, 2.05) is 25.2 Å². The Hall–Kier alpha value is -2.56. The fraction of sp³-hybridized carbons (Fsp3) is 0.368. The molecular weight excluding hydrogens is 300 g/mol. The molecular formula is C19H22N4O. The third-order valence-corrected chi connectivity index (χ3v) is 4.12. The van der Waals surface area contributed by atoms with Gasteiger partial charge in [0.15, 0.2) is 0 Å². The Kier molecular flexibility index (Phi) is 4.99. The van der Waals surface area contributed by atoms with Crippen molar-refractivity contribution >= 4 is 23.2 Å². The van der Waals surface area contributed by atoms with Gasteiger partial charge < -0.3 is 5.32 Å². The summed E-state index contributed by atoms with van der Waals surface area (Å²) in [5, 5.41) is 2.87. The van der Waals surface area contributed by atoms with Crippen molar-refractivity contribution in [1.82, 2.24) is 5.32 Å². The number of amides is 1. The summed E-state index contributed by atoms with van der Waals surface area (Å²) in [7, 11) is 0. The smallest absolute Gasteiger partial charge is 0.228 e. The molecule has 0 bridgehead atoms. The molecule has 0 aromatic carbocycles. The molecule has 5 nitrogen and oxygen atoms in total. The first-order valence-corrected chi connectivity index (χ1v) is 8.32. The number of rotatable bonds is 4. The van der Waals surface area contributed by atoms with Crippen molar-refractivity contribution in [3.05, 3.63) is 48.2 Å². The second kappa shape index (κ2) is 7.34. The summed E-state index contributed by atoms with van der Waals surface area (Å²) in [6, 6.07) is 0. The van der Waals surface area contributed by atoms with Crippen LogP contribution in [0.4, 0.5) is 0 Å². The second-order valence-corrected chi connectivity index (χ2v) is 6.07. The quantitative estimate of drug-likeness (QED) is 0.628. The lowest BCUT2D eigenvalue weighted by molar-refractivity contribution is -0.120. The van der Waals surface area contributed by atoms with Gasteiger partial charge in [-0.25, -0.2) is 4.99 Å². The summed E-state index contributed by atoms with van der Waals surface area (Å²) in [6.45, 7) is 7.15. The monoisotopic (exact) mass is 322 g/mol. The van der Waals surface area contributed by atoms with Gasteiger partial charge in [0.1, 0.15) is 5.84 Å². The molecule has 0 atom stereocenters. The predicted octanol–water partition coefficient (Wildman–Crippen LogP) is 2.78. The molecule has 0 unspecified atom stereocenters. The maximum atomic E-state index is 11.9. The first-order valence-electron chi connectivity index (χ1n) is 8.32. The summed E-state index contributed by atoms with van der Waals surface area (Å²) < 4.78 is 0. The Bertz CT molecular complexity index is 730. The number of hydrogen-bond donors (Lipinski definition) is 1. The molecule has 1 fully saturated rings. The van der Waals surface area contributed by atoms with Crippen molar-refractivity contribution in [3.63, 3.8) is 0 Å². The topological polar surface area (TPSA) is 66.2 Å². The van der Waals surface area contributed by atoms with Gasteiger partial charge in [0.2, 0.25) is 5.91 Å². The van der Waals surface area contributed by atoms with Crippen LogP contribution < -0.4 is 5.32 Å². The molecule has 1 saturated carbocycles. The van der Waals surface area contributed by atoms with E-state index >= 15 is 0 Å². The standard InChI is InChI=1S/C19H22N4O/c1-3-20-17(23-19(24)16-8-9-16)12-14-4-6-15(7-5-14)18-13(2)21-10-11-22-18/h3-4,6-7,12,16H,1,5,8-11H2,2H3,(H,20,23,24)/b14-12-. The lowest BCUT2D eigenvalue weighted by atomic mass is 9.96. The van der Waals surface area contributed by atoms with Crippen LogP contribution in [0.25, 0.3) is 0 Å². The zero-order valence-electron chi connectivity index (χ0n) is 14.0. The van der Waals surface area contributed by atoms with Gasteiger partial charge in [0, 0.05) is 12.1 Å². The Morgan fingerprint density at radius 2 is 2.12 bits per heavy atom. The number of amidine groups is 1. The van der Waals surface area contributed by atoms with E-state index in [0.29, 0.717) is 5.84 Å². The first-order chi connectivity index (χ1) is 11.7. The Morgan fingerprint density at radius 1 is 1.33 bits per heavy atom. The van der Waals surface area contributed by atoms with E-state index in [2.05, 4.69) is 32.9 Å². The van der Waals surface area contributed by atoms with E-state index in [1.54, 1.807) is 0 Å². The van der Waals surface area contributed by atoms with Crippen LogP contribution in [-0.2, 0) is 4.79 Å². The molecule has 0 saturated heterocycles. The average molecular weight is 322 g/mol. The Morgan fingerprint density at radius 3 is 2.75 bits per heavy atom. The van der Waals surface area contributed by atoms with Gasteiger partial charge in [-0.15, -0.1) is 0 Å². The fourth-order valence-corrected chi connectivity index (χ4v) is 2.67. The van der Waals surface area contributed by atoms with Gasteiger partial charge in [-0.05, 0) is 43.4 Å². The highest BCUT2D eigenvalue weighted by molar-refractivity contribution is 6.48. The zero-order chi connectivity index (χ0) is 16.9. The molecule has 1 amide bonds. The normalized spacial score (nSPS) is 22.6. The minimum Gasteiger partial charge on any atom is -0.310 e. The van der Waals surface area contributed by atoms with Gasteiger partial charge in [-0.1, -0.05) is 24.8 Å². The highest BCUT2D eigenvalue weighted by atomic mass is 16.2. The highest BCUT2D eigenvalue weighted by Gasteiger charge is 2.30. The van der Waals surface area contributed by atoms with Crippen molar-refractivity contribution in [2.45, 2.75) is 26.2 Å². The molecule has 1 aliphatic heterocycles. The summed E-state index contributed by atoms with van der Waals surface area (Å²) in [5.41, 5.74) is 4.17. The molecule has 24 heavy (non-hydrogen) atoms. The summed E-state index contributed by atoms with van der Waals surface area (Å²) in [4.78, 5) is 25.1. The van der Waals surface area contributed by atoms with E-state index in [4.69, 9.17) is 0 Å². The number of nitrogens with zero attached hydrogens (tertiary/aromatic N) is 3. The van der Waals surface area contributed by atoms with Crippen LogP contribution in [0.3, 0.4) is 0 Å². The minimum absolute atomic E-state index is 0.0480. The molecule has 0 spiro atoms. The molecule has 2 aliphatic carbocycles. The molecule has 3 aliphatic rings. The van der Waals surface area contributed by atoms with Gasteiger partial charge >= 0.3 is 0 Å². The second-order valence-electron chi connectivity index (χ2n) is 6.07. The largest absolute Gasteiger partial charge is 0.310 e. The van der Waals surface area contributed by atoms with Crippen LogP contribution >= 0.6 is 0 Å². The third-order valence-electron chi connectivity index (χ3n) is 4.12. The summed E-state index contributed by atoms with van der Waals surface area (Å²) >= 11 is 0. The van der Waals surface area contributed by atoms with Crippen LogP contribution in [0.2, 0.25) is 0 Å². The molecule has 0 radical (unpaired) electrons. The van der Waals surface area contributed by atoms with E-state index in [1.165, 1.54) is 6.20 Å². The van der Waals surface area contributed by atoms with Gasteiger partial charge in [-0.2, -0.15) is 0 Å². The van der Waals surface area contributed by atoms with Crippen molar-refractivity contribution in [2.75, 3.05) is 13.1 Å². The zero-order valence-corrected chi connectivity index (χ0v) is 14.0. The number of carbonyl (C=O) groups is 1. The number of aliphatic imine (C=N–C) groups is 3. The minimum atomic E-state index is 0.0480. The molecule has 0 aromatic rings. The predicted molar refractivity (Wildman–Crippen MR) is 98.7 cm³/mol. The summed E-state index contributed by atoms with van der Waals surface area (Å²) in [6.07, 6.45) is 12.3. The first kappa shape index (κ1) is 16.3. The van der Waals surface area contributed by atoms with E-state index in [0.717, 1.165) is 54.9 Å². The third kappa shape index (κ3) is 4.04. The molecule has 3 rings (SSSR count). The van der Waals surface area contributed by atoms with Gasteiger partial charge in [0.05, 0.1) is 24.5 Å². The Labute approximate surface area is 142 Å². The van der Waals surface area contributed by atoms with Crippen LogP contribution in [0.5, 0.6) is 0 Å². The number of carbonyl (C=O) groups excluding carboxylic acids is 1. The molecule has 124 valence electrons. The van der Waals surface area contributed by atoms with Gasteiger partial charge in [-0.3, -0.25) is 14.8 Å². The maximum Gasteiger partial charge on any atom is 0.228 e. The molecule has 0 aromatic heterocycles. The lowest BCUT2D eigenvalue weighted by Gasteiger charge is -2.15. The number of hydrogen-bond acceptors (Lipinski definition) is 4. The molecule has 5 heteroatoms. The van der Waals surface area contributed by atoms with Crippen molar-refractivity contribution < 1.29 is 4.79 Å². The van der Waals surface area contributed by atoms with Crippen LogP contribution in [0.15, 0.2) is 63.2 Å². The molecule has 1 heterocycles. The van der Waals surface area contributed by atoms with E-state index in [-0.39, 0.29) is 11.8 Å². The van der Waals surface area contributed by atoms with E-state index in [9.17, 15) is 4.79 Å². The number of nitrogens with one attached hydrogen (secondary N) is 1. The Balaban J connectivity index is 1.69. The molecule has 1 N–H and O–H groups in total. The SMILES string of the molecule is C=CN=C(/C=C1/C=CC(C2=NCCN=C2C)=CC1)NC(=O)C1CC1. The summed E-state index contributed by atoms with van der Waals surface area (Å²) in [5.74, 6) is 0.747.